The molecule has 0 aromatic heterocycles. The van der Waals surface area contributed by atoms with E-state index >= 15 is 0 Å². The Hall–Kier alpha value is 0.120. The summed E-state index contributed by atoms with van der Waals surface area (Å²) < 4.78 is 16.3. The molecule has 0 saturated heterocycles. The highest BCUT2D eigenvalue weighted by molar-refractivity contribution is 8.05. The fraction of sp³-hybridized carbons (Fsp3) is 0.400. The Balaban J connectivity index is 3.25. The van der Waals surface area contributed by atoms with Gasteiger partial charge < -0.3 is 4.52 Å². The molecule has 0 radical (unpaired) electrons. The van der Waals surface area contributed by atoms with Gasteiger partial charge in [-0.1, -0.05) is 25.4 Å². The fourth-order valence-corrected chi connectivity index (χ4v) is 2.32. The van der Waals surface area contributed by atoms with Gasteiger partial charge in [-0.25, -0.2) is 4.57 Å². The zero-order chi connectivity index (χ0) is 12.5. The fourth-order valence-electron chi connectivity index (χ4n) is 1.32. The van der Waals surface area contributed by atoms with Gasteiger partial charge in [-0.3, -0.25) is 0 Å². The maximum absolute atomic E-state index is 11.2. The predicted octanol–water partition coefficient (Wildman–Crippen LogP) is 5.74. The van der Waals surface area contributed by atoms with E-state index in [0.717, 1.165) is 11.1 Å². The minimum atomic E-state index is -3.59. The van der Waals surface area contributed by atoms with Gasteiger partial charge in [-0.2, -0.15) is 0 Å². The molecule has 6 heteroatoms. The molecule has 0 fully saturated rings. The minimum absolute atomic E-state index is 0.174. The van der Waals surface area contributed by atoms with Gasteiger partial charge in [0.05, 0.1) is 0 Å². The zero-order valence-electron chi connectivity index (χ0n) is 9.13. The van der Waals surface area contributed by atoms with Crippen LogP contribution in [0, 0.1) is 6.92 Å². The number of rotatable bonds is 3. The Morgan fingerprint density at radius 2 is 1.88 bits per heavy atom. The van der Waals surface area contributed by atoms with Crippen molar-refractivity contribution in [2.75, 3.05) is 0 Å². The standard InChI is InChI=1S/C10H12Cl3O2P/c1-6(2)8-5-9(11)7(3)4-10(8)15-16(12,13)14/h4-6H,1-3H3. The van der Waals surface area contributed by atoms with Crippen LogP contribution in [0.5, 0.6) is 5.75 Å². The van der Waals surface area contributed by atoms with E-state index < -0.39 is 6.07 Å². The van der Waals surface area contributed by atoms with E-state index in [9.17, 15) is 4.57 Å². The zero-order valence-corrected chi connectivity index (χ0v) is 12.3. The van der Waals surface area contributed by atoms with Crippen LogP contribution in [-0.2, 0) is 4.57 Å². The maximum atomic E-state index is 11.2. The molecule has 16 heavy (non-hydrogen) atoms. The van der Waals surface area contributed by atoms with Crippen molar-refractivity contribution in [3.8, 4) is 5.75 Å². The second kappa shape index (κ2) is 5.18. The molecule has 0 spiro atoms. The van der Waals surface area contributed by atoms with Gasteiger partial charge in [0.25, 0.3) is 0 Å². The monoisotopic (exact) mass is 300 g/mol. The molecule has 1 aromatic carbocycles. The van der Waals surface area contributed by atoms with Crippen LogP contribution in [0.3, 0.4) is 0 Å². The van der Waals surface area contributed by atoms with Crippen LogP contribution in [0.4, 0.5) is 0 Å². The molecule has 0 aliphatic heterocycles. The highest BCUT2D eigenvalue weighted by Gasteiger charge is 2.20. The molecule has 0 aliphatic carbocycles. The molecule has 0 N–H and O–H groups in total. The second-order valence-corrected chi connectivity index (χ2v) is 8.41. The van der Waals surface area contributed by atoms with Crippen molar-refractivity contribution in [2.45, 2.75) is 26.7 Å². The first-order chi connectivity index (χ1) is 7.20. The summed E-state index contributed by atoms with van der Waals surface area (Å²) in [6.45, 7) is 5.77. The largest absolute Gasteiger partial charge is 0.428 e. The molecule has 0 unspecified atom stereocenters. The average molecular weight is 302 g/mol. The molecule has 0 atom stereocenters. The number of benzene rings is 1. The van der Waals surface area contributed by atoms with Crippen molar-refractivity contribution in [3.63, 3.8) is 0 Å². The van der Waals surface area contributed by atoms with E-state index in [-0.39, 0.29) is 5.92 Å². The smallest absolute Gasteiger partial charge is 0.422 e. The van der Waals surface area contributed by atoms with Gasteiger partial charge in [-0.15, -0.1) is 0 Å². The summed E-state index contributed by atoms with van der Waals surface area (Å²) in [5.41, 5.74) is 1.65. The van der Waals surface area contributed by atoms with Crippen LogP contribution < -0.4 is 4.52 Å². The van der Waals surface area contributed by atoms with Gasteiger partial charge in [0.1, 0.15) is 5.75 Å². The van der Waals surface area contributed by atoms with Gasteiger partial charge in [0, 0.05) is 27.5 Å². The Kier molecular flexibility index (Phi) is 4.59. The number of hydrogen-bond acceptors (Lipinski definition) is 2. The lowest BCUT2D eigenvalue weighted by Gasteiger charge is -2.15. The molecular weight excluding hydrogens is 289 g/mol. The topological polar surface area (TPSA) is 26.3 Å². The summed E-state index contributed by atoms with van der Waals surface area (Å²) in [6.07, 6.45) is -3.59. The summed E-state index contributed by atoms with van der Waals surface area (Å²) >= 11 is 16.8. The van der Waals surface area contributed by atoms with E-state index in [1.54, 1.807) is 12.1 Å². The van der Waals surface area contributed by atoms with Crippen LogP contribution in [0.15, 0.2) is 12.1 Å². The third-order valence-corrected chi connectivity index (χ3v) is 3.35. The second-order valence-electron chi connectivity index (χ2n) is 3.80. The Morgan fingerprint density at radius 1 is 1.31 bits per heavy atom. The molecule has 90 valence electrons. The highest BCUT2D eigenvalue weighted by Crippen LogP contribution is 2.58. The molecular formula is C10H12Cl3O2P. The first-order valence-corrected chi connectivity index (χ1v) is 8.51. The average Bonchev–Trinajstić information content (AvgIpc) is 2.07. The van der Waals surface area contributed by atoms with Gasteiger partial charge in [0.2, 0.25) is 0 Å². The van der Waals surface area contributed by atoms with E-state index in [2.05, 4.69) is 0 Å². The minimum Gasteiger partial charge on any atom is -0.422 e. The predicted molar refractivity (Wildman–Crippen MR) is 70.2 cm³/mol. The Bertz CT molecular complexity index is 440. The molecule has 1 rings (SSSR count). The molecule has 2 nitrogen and oxygen atoms in total. The number of halogens is 3. The molecule has 0 amide bonds. The van der Waals surface area contributed by atoms with Crippen molar-refractivity contribution < 1.29 is 9.09 Å². The summed E-state index contributed by atoms with van der Waals surface area (Å²) in [4.78, 5) is 0. The molecule has 0 bridgehead atoms. The number of hydrogen-bond donors (Lipinski definition) is 0. The lowest BCUT2D eigenvalue weighted by atomic mass is 10.0. The van der Waals surface area contributed by atoms with Crippen LogP contribution >= 0.6 is 40.2 Å². The summed E-state index contributed by atoms with van der Waals surface area (Å²) in [6, 6.07) is 3.47. The van der Waals surface area contributed by atoms with Crippen LogP contribution in [-0.4, -0.2) is 0 Å². The van der Waals surface area contributed by atoms with Crippen LogP contribution in [0.25, 0.3) is 0 Å². The van der Waals surface area contributed by atoms with Gasteiger partial charge in [0.15, 0.2) is 0 Å². The SMILES string of the molecule is Cc1cc(OP(=O)(Cl)Cl)c(C(C)C)cc1Cl. The maximum Gasteiger partial charge on any atom is 0.428 e. The number of aryl methyl sites for hydroxylation is 1. The van der Waals surface area contributed by atoms with Gasteiger partial charge >= 0.3 is 6.07 Å². The molecule has 0 heterocycles. The molecule has 1 aromatic rings. The Labute approximate surface area is 110 Å². The van der Waals surface area contributed by atoms with Crippen molar-refractivity contribution >= 4 is 40.2 Å². The summed E-state index contributed by atoms with van der Waals surface area (Å²) in [5, 5.41) is 0.634. The third-order valence-electron chi connectivity index (χ3n) is 2.12. The summed E-state index contributed by atoms with van der Waals surface area (Å²) in [7, 11) is 0. The summed E-state index contributed by atoms with van der Waals surface area (Å²) in [5.74, 6) is 0.596. The highest BCUT2D eigenvalue weighted by atomic mass is 35.9. The quantitative estimate of drug-likeness (QED) is 0.666. The Morgan fingerprint density at radius 3 is 2.31 bits per heavy atom. The van der Waals surface area contributed by atoms with E-state index in [0.29, 0.717) is 10.8 Å². The molecule has 0 saturated carbocycles. The normalized spacial score (nSPS) is 11.9. The van der Waals surface area contributed by atoms with Crippen molar-refractivity contribution in [1.29, 1.82) is 0 Å². The van der Waals surface area contributed by atoms with Crippen molar-refractivity contribution in [2.24, 2.45) is 0 Å². The third kappa shape index (κ3) is 3.85. The first-order valence-electron chi connectivity index (χ1n) is 4.69. The lowest BCUT2D eigenvalue weighted by molar-refractivity contribution is 0.508. The van der Waals surface area contributed by atoms with Crippen molar-refractivity contribution in [3.05, 3.63) is 28.3 Å². The van der Waals surface area contributed by atoms with E-state index in [1.165, 1.54) is 0 Å². The van der Waals surface area contributed by atoms with Crippen molar-refractivity contribution in [1.82, 2.24) is 0 Å². The van der Waals surface area contributed by atoms with E-state index in [1.807, 2.05) is 20.8 Å². The first kappa shape index (κ1) is 14.2. The van der Waals surface area contributed by atoms with Crippen LogP contribution in [0.2, 0.25) is 5.02 Å². The lowest BCUT2D eigenvalue weighted by Crippen LogP contribution is -1.95. The molecule has 0 aliphatic rings. The van der Waals surface area contributed by atoms with Gasteiger partial charge in [-0.05, 0) is 36.1 Å². The van der Waals surface area contributed by atoms with Crippen LogP contribution in [0.1, 0.15) is 30.9 Å². The van der Waals surface area contributed by atoms with E-state index in [4.69, 9.17) is 38.6 Å².